The van der Waals surface area contributed by atoms with Crippen LogP contribution in [-0.4, -0.2) is 24.5 Å². The fourth-order valence-corrected chi connectivity index (χ4v) is 3.94. The van der Waals surface area contributed by atoms with Crippen molar-refractivity contribution in [1.82, 2.24) is 10.1 Å². The van der Waals surface area contributed by atoms with E-state index >= 15 is 0 Å². The number of nitrogens with one attached hydrogen (secondary N) is 1. The maximum Gasteiger partial charge on any atom is 0.227 e. The minimum atomic E-state index is -3.63. The molecule has 0 fully saturated rings. The predicted octanol–water partition coefficient (Wildman–Crippen LogP) is 4.23. The zero-order valence-corrected chi connectivity index (χ0v) is 17.7. The third-order valence-corrected chi connectivity index (χ3v) is 6.31. The minimum Gasteiger partial charge on any atom is -0.339 e. The molecule has 1 N–H and O–H groups in total. The molecule has 0 aliphatic heterocycles. The van der Waals surface area contributed by atoms with Gasteiger partial charge in [-0.05, 0) is 48.9 Å². The van der Waals surface area contributed by atoms with Crippen LogP contribution in [0.3, 0.4) is 0 Å². The number of rotatable bonds is 7. The van der Waals surface area contributed by atoms with Crippen molar-refractivity contribution in [2.75, 3.05) is 5.32 Å². The molecule has 1 aromatic heterocycles. The second kappa shape index (κ2) is 8.94. The first-order valence-electron chi connectivity index (χ1n) is 8.59. The molecule has 0 atom stereocenters. The summed E-state index contributed by atoms with van der Waals surface area (Å²) in [5, 5.41) is 7.42. The molecule has 0 unspecified atom stereocenters. The van der Waals surface area contributed by atoms with E-state index in [1.54, 1.807) is 12.1 Å². The van der Waals surface area contributed by atoms with E-state index in [1.807, 2.05) is 13.0 Å². The summed E-state index contributed by atoms with van der Waals surface area (Å²) >= 11 is 11.8. The average molecular weight is 454 g/mol. The van der Waals surface area contributed by atoms with E-state index in [2.05, 4.69) is 15.5 Å². The number of sulfone groups is 1. The Kier molecular flexibility index (Phi) is 6.56. The van der Waals surface area contributed by atoms with Crippen LogP contribution in [0.15, 0.2) is 51.9 Å². The van der Waals surface area contributed by atoms with Crippen molar-refractivity contribution in [3.63, 3.8) is 0 Å². The number of aryl methyl sites for hydroxylation is 2. The average Bonchev–Trinajstić information content (AvgIpc) is 3.10. The highest BCUT2D eigenvalue weighted by Gasteiger charge is 2.19. The van der Waals surface area contributed by atoms with E-state index in [4.69, 9.17) is 27.7 Å². The Morgan fingerprint density at radius 2 is 1.86 bits per heavy atom. The second-order valence-electron chi connectivity index (χ2n) is 6.33. The highest BCUT2D eigenvalue weighted by Crippen LogP contribution is 2.20. The molecular formula is C19H17Cl2N3O4S. The molecule has 2 aromatic carbocycles. The van der Waals surface area contributed by atoms with Gasteiger partial charge in [0, 0.05) is 28.6 Å². The number of hydrogen-bond donors (Lipinski definition) is 1. The van der Waals surface area contributed by atoms with Crippen molar-refractivity contribution in [3.05, 3.63) is 69.8 Å². The Morgan fingerprint density at radius 3 is 2.55 bits per heavy atom. The van der Waals surface area contributed by atoms with Crippen LogP contribution in [0.25, 0.3) is 0 Å². The molecule has 0 aliphatic carbocycles. The molecule has 0 spiro atoms. The lowest BCUT2D eigenvalue weighted by molar-refractivity contribution is -0.116. The van der Waals surface area contributed by atoms with E-state index in [0.717, 1.165) is 5.56 Å². The van der Waals surface area contributed by atoms with Crippen molar-refractivity contribution >= 4 is 44.6 Å². The smallest absolute Gasteiger partial charge is 0.227 e. The summed E-state index contributed by atoms with van der Waals surface area (Å²) < 4.78 is 29.9. The first kappa shape index (κ1) is 21.3. The molecule has 3 rings (SSSR count). The lowest BCUT2D eigenvalue weighted by atomic mass is 10.2. The van der Waals surface area contributed by atoms with Gasteiger partial charge in [-0.1, -0.05) is 34.4 Å². The molecule has 7 nitrogen and oxygen atoms in total. The fourth-order valence-electron chi connectivity index (χ4n) is 2.46. The molecule has 1 amide bonds. The number of carbonyl (C=O) groups is 1. The van der Waals surface area contributed by atoms with E-state index in [0.29, 0.717) is 15.7 Å². The SMILES string of the molecule is Cc1ccc(NC(=O)CCc2nc(CS(=O)(=O)c3ccc(Cl)cc3)no2)cc1Cl. The minimum absolute atomic E-state index is 0.0284. The van der Waals surface area contributed by atoms with Crippen LogP contribution in [0.2, 0.25) is 10.0 Å². The summed E-state index contributed by atoms with van der Waals surface area (Å²) in [7, 11) is -3.63. The van der Waals surface area contributed by atoms with Gasteiger partial charge in [0.05, 0.1) is 4.90 Å². The van der Waals surface area contributed by atoms with Crippen LogP contribution >= 0.6 is 23.2 Å². The van der Waals surface area contributed by atoms with Gasteiger partial charge in [-0.3, -0.25) is 4.79 Å². The second-order valence-corrected chi connectivity index (χ2v) is 9.16. The molecule has 152 valence electrons. The first-order chi connectivity index (χ1) is 13.7. The Balaban J connectivity index is 1.56. The van der Waals surface area contributed by atoms with Gasteiger partial charge in [-0.25, -0.2) is 8.42 Å². The van der Waals surface area contributed by atoms with Crippen LogP contribution in [-0.2, 0) is 26.8 Å². The lowest BCUT2D eigenvalue weighted by Crippen LogP contribution is -2.12. The van der Waals surface area contributed by atoms with Gasteiger partial charge in [0.1, 0.15) is 5.75 Å². The zero-order chi connectivity index (χ0) is 21.0. The summed E-state index contributed by atoms with van der Waals surface area (Å²) in [6.07, 6.45) is 0.274. The molecular weight excluding hydrogens is 437 g/mol. The summed E-state index contributed by atoms with van der Waals surface area (Å²) in [5.41, 5.74) is 1.50. The Morgan fingerprint density at radius 1 is 1.14 bits per heavy atom. The zero-order valence-electron chi connectivity index (χ0n) is 15.4. The molecule has 0 radical (unpaired) electrons. The third kappa shape index (κ3) is 5.79. The van der Waals surface area contributed by atoms with E-state index < -0.39 is 15.6 Å². The molecule has 0 saturated heterocycles. The van der Waals surface area contributed by atoms with Gasteiger partial charge in [-0.15, -0.1) is 0 Å². The van der Waals surface area contributed by atoms with Crippen molar-refractivity contribution in [3.8, 4) is 0 Å². The van der Waals surface area contributed by atoms with Crippen LogP contribution in [0.1, 0.15) is 23.7 Å². The van der Waals surface area contributed by atoms with Crippen LogP contribution < -0.4 is 5.32 Å². The topological polar surface area (TPSA) is 102 Å². The number of amides is 1. The summed E-state index contributed by atoms with van der Waals surface area (Å²) in [6, 6.07) is 11.1. The number of nitrogens with zero attached hydrogens (tertiary/aromatic N) is 2. The van der Waals surface area contributed by atoms with Gasteiger partial charge < -0.3 is 9.84 Å². The molecule has 29 heavy (non-hydrogen) atoms. The Labute approximate surface area is 177 Å². The molecule has 3 aromatic rings. The molecule has 0 bridgehead atoms. The predicted molar refractivity (Wildman–Crippen MR) is 110 cm³/mol. The molecule has 1 heterocycles. The lowest BCUT2D eigenvalue weighted by Gasteiger charge is -2.06. The number of carbonyl (C=O) groups excluding carboxylic acids is 1. The highest BCUT2D eigenvalue weighted by molar-refractivity contribution is 7.90. The van der Waals surface area contributed by atoms with Gasteiger partial charge in [-0.2, -0.15) is 4.98 Å². The van der Waals surface area contributed by atoms with Gasteiger partial charge >= 0.3 is 0 Å². The Hall–Kier alpha value is -2.42. The highest BCUT2D eigenvalue weighted by atomic mass is 35.5. The van der Waals surface area contributed by atoms with E-state index in [-0.39, 0.29) is 35.4 Å². The van der Waals surface area contributed by atoms with Gasteiger partial charge in [0.2, 0.25) is 11.8 Å². The first-order valence-corrected chi connectivity index (χ1v) is 11.0. The summed E-state index contributed by atoms with van der Waals surface area (Å²) in [4.78, 5) is 16.3. The van der Waals surface area contributed by atoms with Gasteiger partial charge in [0.25, 0.3) is 0 Å². The molecule has 0 aliphatic rings. The van der Waals surface area contributed by atoms with Crippen molar-refractivity contribution in [2.24, 2.45) is 0 Å². The van der Waals surface area contributed by atoms with Crippen LogP contribution in [0.4, 0.5) is 5.69 Å². The van der Waals surface area contributed by atoms with Crippen molar-refractivity contribution < 1.29 is 17.7 Å². The maximum absolute atomic E-state index is 12.4. The fraction of sp³-hybridized carbons (Fsp3) is 0.211. The normalized spacial score (nSPS) is 11.4. The number of anilines is 1. The van der Waals surface area contributed by atoms with Gasteiger partial charge in [0.15, 0.2) is 15.7 Å². The Bertz CT molecular complexity index is 1130. The molecule has 0 saturated carbocycles. The van der Waals surface area contributed by atoms with Crippen molar-refractivity contribution in [2.45, 2.75) is 30.4 Å². The van der Waals surface area contributed by atoms with E-state index in [1.165, 1.54) is 24.3 Å². The number of hydrogen-bond acceptors (Lipinski definition) is 6. The third-order valence-electron chi connectivity index (χ3n) is 4.02. The van der Waals surface area contributed by atoms with Crippen molar-refractivity contribution in [1.29, 1.82) is 0 Å². The monoisotopic (exact) mass is 453 g/mol. The number of aromatic nitrogens is 2. The van der Waals surface area contributed by atoms with E-state index in [9.17, 15) is 13.2 Å². The number of benzene rings is 2. The summed E-state index contributed by atoms with van der Waals surface area (Å²) in [6.45, 7) is 1.87. The van der Waals surface area contributed by atoms with Crippen LogP contribution in [0.5, 0.6) is 0 Å². The van der Waals surface area contributed by atoms with Crippen LogP contribution in [0, 0.1) is 6.92 Å². The standard InChI is InChI=1S/C19H17Cl2N3O4S/c1-12-2-5-14(10-16(12)21)22-18(25)8-9-19-23-17(24-28-19)11-29(26,27)15-6-3-13(20)4-7-15/h2-7,10H,8-9,11H2,1H3,(H,22,25). The number of halogens is 2. The summed E-state index contributed by atoms with van der Waals surface area (Å²) in [5.74, 6) is -0.450. The maximum atomic E-state index is 12.4. The quantitative estimate of drug-likeness (QED) is 0.573. The molecule has 10 heteroatoms. The largest absolute Gasteiger partial charge is 0.339 e.